The maximum Gasteiger partial charge on any atom is 0.0635 e. The van der Waals surface area contributed by atoms with Gasteiger partial charge in [0.15, 0.2) is 0 Å². The van der Waals surface area contributed by atoms with E-state index in [4.69, 9.17) is 0 Å². The van der Waals surface area contributed by atoms with Crippen LogP contribution in [0.1, 0.15) is 22.4 Å². The Kier molecular flexibility index (Phi) is 4.72. The van der Waals surface area contributed by atoms with Gasteiger partial charge >= 0.3 is 0 Å². The summed E-state index contributed by atoms with van der Waals surface area (Å²) in [5.74, 6) is 0. The number of benzene rings is 1. The molecule has 0 aliphatic heterocycles. The van der Waals surface area contributed by atoms with Crippen LogP contribution in [0.2, 0.25) is 0 Å². The molecule has 0 saturated heterocycles. The number of aromatic nitrogens is 1. The van der Waals surface area contributed by atoms with Gasteiger partial charge in [-0.3, -0.25) is 4.98 Å². The lowest BCUT2D eigenvalue weighted by atomic mass is 10.0. The Morgan fingerprint density at radius 1 is 1.11 bits per heavy atom. The van der Waals surface area contributed by atoms with Crippen LogP contribution in [0.4, 0.5) is 0 Å². The van der Waals surface area contributed by atoms with E-state index in [-0.39, 0.29) is 0 Å². The zero-order chi connectivity index (χ0) is 13.8. The lowest BCUT2D eigenvalue weighted by Crippen LogP contribution is -2.15. The summed E-state index contributed by atoms with van der Waals surface area (Å²) in [4.78, 5) is 4.29. The van der Waals surface area contributed by atoms with Crippen LogP contribution in [0.25, 0.3) is 0 Å². The highest BCUT2D eigenvalue weighted by Gasteiger charge is 2.08. The fraction of sp³-hybridized carbons (Fsp3) is 0.312. The Labute approximate surface area is 122 Å². The van der Waals surface area contributed by atoms with E-state index < -0.39 is 6.10 Å². The first kappa shape index (κ1) is 14.2. The molecule has 0 amide bonds. The van der Waals surface area contributed by atoms with E-state index in [9.17, 15) is 5.11 Å². The lowest BCUT2D eigenvalue weighted by molar-refractivity contribution is 0.174. The molecule has 3 heteroatoms. The quantitative estimate of drug-likeness (QED) is 0.933. The third kappa shape index (κ3) is 4.44. The minimum atomic E-state index is -0.394. The summed E-state index contributed by atoms with van der Waals surface area (Å²) in [6.45, 7) is 4.16. The first-order valence-corrected chi connectivity index (χ1v) is 7.18. The summed E-state index contributed by atoms with van der Waals surface area (Å²) >= 11 is 3.36. The summed E-state index contributed by atoms with van der Waals surface area (Å²) in [5, 5.41) is 10.2. The van der Waals surface area contributed by atoms with Crippen molar-refractivity contribution in [3.05, 3.63) is 63.4 Å². The molecule has 0 saturated carbocycles. The monoisotopic (exact) mass is 319 g/mol. The van der Waals surface area contributed by atoms with Crippen molar-refractivity contribution in [3.63, 3.8) is 0 Å². The van der Waals surface area contributed by atoms with E-state index in [0.29, 0.717) is 12.8 Å². The molecule has 1 N–H and O–H groups in total. The molecule has 0 fully saturated rings. The average Bonchev–Trinajstić information content (AvgIpc) is 2.30. The Hall–Kier alpha value is -1.19. The minimum absolute atomic E-state index is 0.394. The van der Waals surface area contributed by atoms with Crippen molar-refractivity contribution in [2.75, 3.05) is 0 Å². The molecule has 1 heterocycles. The van der Waals surface area contributed by atoms with E-state index in [2.05, 4.69) is 53.0 Å². The molecule has 0 aliphatic rings. The Morgan fingerprint density at radius 2 is 1.79 bits per heavy atom. The number of aryl methyl sites for hydroxylation is 2. The summed E-state index contributed by atoms with van der Waals surface area (Å²) in [5.41, 5.74) is 4.58. The second-order valence-electron chi connectivity index (χ2n) is 5.03. The molecule has 1 unspecified atom stereocenters. The van der Waals surface area contributed by atoms with Crippen molar-refractivity contribution in [3.8, 4) is 0 Å². The van der Waals surface area contributed by atoms with Gasteiger partial charge < -0.3 is 5.11 Å². The van der Waals surface area contributed by atoms with E-state index in [1.54, 1.807) is 6.20 Å². The zero-order valence-corrected chi connectivity index (χ0v) is 12.8. The Bertz CT molecular complexity index is 531. The highest BCUT2D eigenvalue weighted by Crippen LogP contribution is 2.14. The number of hydrogen-bond donors (Lipinski definition) is 1. The van der Waals surface area contributed by atoms with Gasteiger partial charge in [0, 0.05) is 22.8 Å². The van der Waals surface area contributed by atoms with Crippen LogP contribution >= 0.6 is 15.9 Å². The molecule has 19 heavy (non-hydrogen) atoms. The molecule has 0 spiro atoms. The largest absolute Gasteiger partial charge is 0.392 e. The number of halogens is 1. The zero-order valence-electron chi connectivity index (χ0n) is 11.2. The normalized spacial score (nSPS) is 12.4. The molecule has 1 atom stereocenters. The van der Waals surface area contributed by atoms with E-state index in [1.165, 1.54) is 16.7 Å². The lowest BCUT2D eigenvalue weighted by Gasteiger charge is -2.11. The molecule has 2 rings (SSSR count). The highest BCUT2D eigenvalue weighted by molar-refractivity contribution is 9.10. The topological polar surface area (TPSA) is 33.1 Å². The smallest absolute Gasteiger partial charge is 0.0635 e. The number of aliphatic hydroxyl groups is 1. The fourth-order valence-corrected chi connectivity index (χ4v) is 2.53. The summed E-state index contributed by atoms with van der Waals surface area (Å²) < 4.78 is 0.958. The van der Waals surface area contributed by atoms with Crippen molar-refractivity contribution in [2.24, 2.45) is 0 Å². The number of nitrogens with zero attached hydrogens (tertiary/aromatic N) is 1. The van der Waals surface area contributed by atoms with Crippen LogP contribution in [0.3, 0.4) is 0 Å². The van der Waals surface area contributed by atoms with E-state index >= 15 is 0 Å². The molecule has 1 aromatic heterocycles. The number of aliphatic hydroxyl groups excluding tert-OH is 1. The second-order valence-corrected chi connectivity index (χ2v) is 5.94. The van der Waals surface area contributed by atoms with Crippen LogP contribution in [0.5, 0.6) is 0 Å². The maximum absolute atomic E-state index is 10.2. The van der Waals surface area contributed by atoms with Crippen LogP contribution in [-0.2, 0) is 12.8 Å². The van der Waals surface area contributed by atoms with Crippen molar-refractivity contribution in [1.29, 1.82) is 0 Å². The van der Waals surface area contributed by atoms with Gasteiger partial charge in [-0.1, -0.05) is 29.3 Å². The molecular formula is C16H18BrNO. The minimum Gasteiger partial charge on any atom is -0.392 e. The Balaban J connectivity index is 2.00. The molecule has 2 aromatic rings. The van der Waals surface area contributed by atoms with Crippen LogP contribution < -0.4 is 0 Å². The molecule has 1 aromatic carbocycles. The van der Waals surface area contributed by atoms with E-state index in [0.717, 1.165) is 10.2 Å². The average molecular weight is 320 g/mol. The summed E-state index contributed by atoms with van der Waals surface area (Å²) in [6.07, 6.45) is 2.62. The van der Waals surface area contributed by atoms with E-state index in [1.807, 2.05) is 12.1 Å². The van der Waals surface area contributed by atoms with Gasteiger partial charge in [-0.25, -0.2) is 0 Å². The summed E-state index contributed by atoms with van der Waals surface area (Å²) in [7, 11) is 0. The maximum atomic E-state index is 10.2. The van der Waals surface area contributed by atoms with Crippen LogP contribution in [-0.4, -0.2) is 16.2 Å². The van der Waals surface area contributed by atoms with Crippen molar-refractivity contribution >= 4 is 15.9 Å². The molecule has 100 valence electrons. The standard InChI is InChI=1S/C16H18BrNO/c1-11-5-12(2)7-13(6-11)8-16(19)9-15-4-3-14(17)10-18-15/h3-7,10,16,19H,8-9H2,1-2H3. The van der Waals surface area contributed by atoms with Gasteiger partial charge in [0.25, 0.3) is 0 Å². The van der Waals surface area contributed by atoms with Crippen molar-refractivity contribution in [2.45, 2.75) is 32.8 Å². The van der Waals surface area contributed by atoms with Crippen LogP contribution in [0, 0.1) is 13.8 Å². The molecule has 2 nitrogen and oxygen atoms in total. The number of hydrogen-bond acceptors (Lipinski definition) is 2. The second kappa shape index (κ2) is 6.31. The highest BCUT2D eigenvalue weighted by atomic mass is 79.9. The molecule has 0 radical (unpaired) electrons. The van der Waals surface area contributed by atoms with Crippen molar-refractivity contribution in [1.82, 2.24) is 4.98 Å². The van der Waals surface area contributed by atoms with Gasteiger partial charge in [-0.2, -0.15) is 0 Å². The fourth-order valence-electron chi connectivity index (χ4n) is 2.30. The van der Waals surface area contributed by atoms with Crippen LogP contribution in [0.15, 0.2) is 41.0 Å². The first-order valence-electron chi connectivity index (χ1n) is 6.38. The van der Waals surface area contributed by atoms with Gasteiger partial charge in [0.05, 0.1) is 6.10 Å². The number of pyridine rings is 1. The third-order valence-electron chi connectivity index (χ3n) is 2.99. The molecule has 0 bridgehead atoms. The van der Waals surface area contributed by atoms with Gasteiger partial charge in [-0.15, -0.1) is 0 Å². The van der Waals surface area contributed by atoms with Gasteiger partial charge in [0.2, 0.25) is 0 Å². The van der Waals surface area contributed by atoms with Gasteiger partial charge in [-0.05, 0) is 53.9 Å². The SMILES string of the molecule is Cc1cc(C)cc(CC(O)Cc2ccc(Br)cn2)c1. The van der Waals surface area contributed by atoms with Crippen molar-refractivity contribution < 1.29 is 5.11 Å². The number of rotatable bonds is 4. The summed E-state index contributed by atoms with van der Waals surface area (Å²) in [6, 6.07) is 10.3. The predicted octanol–water partition coefficient (Wildman–Crippen LogP) is 3.61. The Morgan fingerprint density at radius 3 is 2.37 bits per heavy atom. The molecule has 0 aliphatic carbocycles. The first-order chi connectivity index (χ1) is 9.02. The third-order valence-corrected chi connectivity index (χ3v) is 3.46. The predicted molar refractivity (Wildman–Crippen MR) is 81.3 cm³/mol. The van der Waals surface area contributed by atoms with Gasteiger partial charge in [0.1, 0.15) is 0 Å². The molecular weight excluding hydrogens is 302 g/mol.